The molecule has 4 nitrogen and oxygen atoms in total. The Hall–Kier alpha value is -2.29. The second-order valence-electron chi connectivity index (χ2n) is 7.30. The molecular formula is C23H23AsClN3O. The topological polar surface area (TPSA) is 68.0 Å². The average Bonchev–Trinajstić information content (AvgIpc) is 2.69. The molecule has 1 aliphatic rings. The molecule has 1 amide bonds. The quantitative estimate of drug-likeness (QED) is 0.389. The van der Waals surface area contributed by atoms with Crippen molar-refractivity contribution in [3.8, 4) is 11.3 Å². The molecule has 0 spiro atoms. The number of hydrogen-bond acceptors (Lipinski definition) is 3. The number of benzene rings is 2. The summed E-state index contributed by atoms with van der Waals surface area (Å²) in [6.07, 6.45) is 6.17. The van der Waals surface area contributed by atoms with Crippen molar-refractivity contribution < 1.29 is 4.79 Å². The van der Waals surface area contributed by atoms with Crippen molar-refractivity contribution in [2.75, 3.05) is 11.1 Å². The van der Waals surface area contributed by atoms with E-state index in [1.807, 2.05) is 36.5 Å². The molecule has 29 heavy (non-hydrogen) atoms. The summed E-state index contributed by atoms with van der Waals surface area (Å²) in [7, 11) is 0. The van der Waals surface area contributed by atoms with E-state index in [2.05, 4.69) is 10.3 Å². The second kappa shape index (κ2) is 9.02. The molecule has 4 rings (SSSR count). The molecule has 2 aromatic carbocycles. The fourth-order valence-electron chi connectivity index (χ4n) is 3.25. The van der Waals surface area contributed by atoms with E-state index in [9.17, 15) is 4.79 Å². The molecular weight excluding hydrogens is 445 g/mol. The molecule has 1 unspecified atom stereocenters. The minimum absolute atomic E-state index is 0.0662. The number of aromatic nitrogens is 1. The Kier molecular flexibility index (Phi) is 6.22. The summed E-state index contributed by atoms with van der Waals surface area (Å²) in [5.41, 5.74) is 10.5. The van der Waals surface area contributed by atoms with Crippen LogP contribution >= 0.6 is 11.6 Å². The number of carbonyl (C=O) groups excluding carboxylic acids is 1. The number of para-hydroxylation sites is 2. The summed E-state index contributed by atoms with van der Waals surface area (Å²) in [6.45, 7) is 0. The number of pyridine rings is 1. The number of nitrogens with zero attached hydrogens (tertiary/aromatic N) is 1. The van der Waals surface area contributed by atoms with Crippen molar-refractivity contribution in [1.82, 2.24) is 4.98 Å². The van der Waals surface area contributed by atoms with Crippen LogP contribution in [0, 0.1) is 0 Å². The number of amides is 1. The molecule has 148 valence electrons. The molecule has 6 heteroatoms. The maximum atomic E-state index is 12.5. The summed E-state index contributed by atoms with van der Waals surface area (Å²) >= 11 is 6.58. The third-order valence-corrected chi connectivity index (χ3v) is 9.22. The third kappa shape index (κ3) is 4.83. The molecule has 3 aromatic rings. The van der Waals surface area contributed by atoms with Crippen LogP contribution in [0.1, 0.15) is 35.2 Å². The first-order chi connectivity index (χ1) is 14.1. The van der Waals surface area contributed by atoms with Crippen molar-refractivity contribution in [2.45, 2.75) is 29.2 Å². The van der Waals surface area contributed by atoms with Gasteiger partial charge in [0.15, 0.2) is 0 Å². The van der Waals surface area contributed by atoms with Crippen molar-refractivity contribution >= 4 is 44.6 Å². The SMILES string of the molecule is Nc1ccccc1NC(=O)c1ccc(-c2ncc(C[AsH]C3CCC3)cc2Cl)cc1. The number of nitrogens with one attached hydrogen (secondary N) is 1. The number of halogens is 1. The van der Waals surface area contributed by atoms with Crippen LogP contribution in [0.2, 0.25) is 9.73 Å². The first-order valence-electron chi connectivity index (χ1n) is 9.74. The molecule has 1 aromatic heterocycles. The van der Waals surface area contributed by atoms with E-state index in [0.717, 1.165) is 21.2 Å². The normalized spacial score (nSPS) is 14.1. The van der Waals surface area contributed by atoms with Gasteiger partial charge in [0.1, 0.15) is 0 Å². The summed E-state index contributed by atoms with van der Waals surface area (Å²) < 4.78 is 0.998. The van der Waals surface area contributed by atoms with E-state index >= 15 is 0 Å². The molecule has 1 aliphatic carbocycles. The van der Waals surface area contributed by atoms with Crippen molar-refractivity contribution in [2.24, 2.45) is 0 Å². The number of anilines is 2. The van der Waals surface area contributed by atoms with Crippen LogP contribution < -0.4 is 11.1 Å². The Labute approximate surface area is 182 Å². The van der Waals surface area contributed by atoms with Gasteiger partial charge in [0.25, 0.3) is 0 Å². The standard InChI is InChI=1S/C23H23AsClN3O/c25-19-12-15(13-24-18-4-3-5-18)14-27-22(19)16-8-10-17(11-9-16)23(29)28-21-7-2-1-6-20(21)26/h1-2,6-12,14,18,24H,3-5,13,26H2,(H,28,29). The first kappa shape index (κ1) is 20.0. The van der Waals surface area contributed by atoms with Gasteiger partial charge in [-0.3, -0.25) is 0 Å². The van der Waals surface area contributed by atoms with Crippen LogP contribution in [0.4, 0.5) is 11.4 Å². The predicted octanol–water partition coefficient (Wildman–Crippen LogP) is 5.15. The molecule has 0 radical (unpaired) electrons. The van der Waals surface area contributed by atoms with Crippen LogP contribution in [0.15, 0.2) is 60.8 Å². The molecule has 1 saturated carbocycles. The maximum absolute atomic E-state index is 12.5. The van der Waals surface area contributed by atoms with Gasteiger partial charge in [-0.25, -0.2) is 0 Å². The molecule has 0 bridgehead atoms. The Bertz CT molecular complexity index is 1020. The van der Waals surface area contributed by atoms with Gasteiger partial charge in [0.2, 0.25) is 0 Å². The van der Waals surface area contributed by atoms with Gasteiger partial charge in [-0.2, -0.15) is 0 Å². The molecule has 0 aliphatic heterocycles. The predicted molar refractivity (Wildman–Crippen MR) is 122 cm³/mol. The number of carbonyl (C=O) groups is 1. The number of nitrogen functional groups attached to an aromatic ring is 1. The Morgan fingerprint density at radius 1 is 1.17 bits per heavy atom. The molecule has 1 fully saturated rings. The van der Waals surface area contributed by atoms with Crippen molar-refractivity contribution in [1.29, 1.82) is 0 Å². The molecule has 1 heterocycles. The van der Waals surface area contributed by atoms with Gasteiger partial charge < -0.3 is 5.73 Å². The van der Waals surface area contributed by atoms with E-state index in [4.69, 9.17) is 17.3 Å². The van der Waals surface area contributed by atoms with Crippen LogP contribution in [0.3, 0.4) is 0 Å². The van der Waals surface area contributed by atoms with E-state index in [1.54, 1.807) is 24.3 Å². The Morgan fingerprint density at radius 2 is 1.93 bits per heavy atom. The fourth-order valence-corrected chi connectivity index (χ4v) is 6.76. The van der Waals surface area contributed by atoms with Gasteiger partial charge in [0, 0.05) is 0 Å². The Balaban J connectivity index is 1.44. The van der Waals surface area contributed by atoms with E-state index in [0.29, 0.717) is 22.0 Å². The molecule has 3 N–H and O–H groups in total. The first-order valence-corrected chi connectivity index (χ1v) is 12.8. The van der Waals surface area contributed by atoms with Crippen LogP contribution in [0.5, 0.6) is 0 Å². The number of nitrogens with two attached hydrogens (primary N) is 1. The summed E-state index contributed by atoms with van der Waals surface area (Å²) in [5, 5.41) is 4.65. The minimum atomic E-state index is -0.204. The van der Waals surface area contributed by atoms with E-state index < -0.39 is 0 Å². The van der Waals surface area contributed by atoms with Crippen LogP contribution in [0.25, 0.3) is 11.3 Å². The van der Waals surface area contributed by atoms with Gasteiger partial charge >= 0.3 is 147 Å². The Morgan fingerprint density at radius 3 is 2.59 bits per heavy atom. The van der Waals surface area contributed by atoms with E-state index in [-0.39, 0.29) is 21.7 Å². The summed E-state index contributed by atoms with van der Waals surface area (Å²) in [5.74, 6) is -0.204. The monoisotopic (exact) mass is 467 g/mol. The van der Waals surface area contributed by atoms with Crippen molar-refractivity contribution in [3.63, 3.8) is 0 Å². The van der Waals surface area contributed by atoms with E-state index in [1.165, 1.54) is 24.8 Å². The summed E-state index contributed by atoms with van der Waals surface area (Å²) in [4.78, 5) is 17.1. The zero-order valence-electron chi connectivity index (χ0n) is 16.0. The summed E-state index contributed by atoms with van der Waals surface area (Å²) in [6, 6.07) is 16.5. The fraction of sp³-hybridized carbons (Fsp3) is 0.217. The van der Waals surface area contributed by atoms with Gasteiger partial charge in [-0.05, 0) is 12.1 Å². The van der Waals surface area contributed by atoms with Crippen molar-refractivity contribution in [3.05, 3.63) is 76.9 Å². The van der Waals surface area contributed by atoms with Crippen LogP contribution in [-0.2, 0) is 5.21 Å². The van der Waals surface area contributed by atoms with Gasteiger partial charge in [-0.15, -0.1) is 0 Å². The second-order valence-corrected chi connectivity index (χ2v) is 11.0. The number of hydrogen-bond donors (Lipinski definition) is 2. The third-order valence-electron chi connectivity index (χ3n) is 5.23. The molecule has 1 atom stereocenters. The average molecular weight is 468 g/mol. The zero-order valence-corrected chi connectivity index (χ0v) is 18.8. The number of rotatable bonds is 6. The van der Waals surface area contributed by atoms with Gasteiger partial charge in [0.05, 0.1) is 5.69 Å². The molecule has 0 saturated heterocycles. The van der Waals surface area contributed by atoms with Gasteiger partial charge in [-0.1, -0.05) is 12.1 Å². The zero-order chi connectivity index (χ0) is 20.2. The van der Waals surface area contributed by atoms with Crippen LogP contribution in [-0.4, -0.2) is 26.6 Å².